The Morgan fingerprint density at radius 1 is 1.05 bits per heavy atom. The third kappa shape index (κ3) is 2.67. The topological polar surface area (TPSA) is 29.0 Å². The average Bonchev–Trinajstić information content (AvgIpc) is 2.46. The summed E-state index contributed by atoms with van der Waals surface area (Å²) in [6.07, 6.45) is 0. The SMILES string of the molecule is CN(C)c1cccc(-c2nc(Cl)c3ccc(F)cc3n2)c1. The number of hydrogen-bond donors (Lipinski definition) is 0. The van der Waals surface area contributed by atoms with Gasteiger partial charge >= 0.3 is 0 Å². The first-order valence-corrected chi connectivity index (χ1v) is 6.83. The maximum Gasteiger partial charge on any atom is 0.161 e. The van der Waals surface area contributed by atoms with Crippen molar-refractivity contribution in [1.82, 2.24) is 9.97 Å². The van der Waals surface area contributed by atoms with Gasteiger partial charge in [-0.1, -0.05) is 23.7 Å². The van der Waals surface area contributed by atoms with Crippen LogP contribution in [0.15, 0.2) is 42.5 Å². The maximum absolute atomic E-state index is 13.4. The van der Waals surface area contributed by atoms with E-state index in [1.54, 1.807) is 6.07 Å². The summed E-state index contributed by atoms with van der Waals surface area (Å²) in [4.78, 5) is 10.7. The molecule has 2 aromatic carbocycles. The van der Waals surface area contributed by atoms with E-state index in [2.05, 4.69) is 9.97 Å². The van der Waals surface area contributed by atoms with Gasteiger partial charge < -0.3 is 4.90 Å². The Bertz CT molecular complexity index is 818. The minimum atomic E-state index is -0.342. The van der Waals surface area contributed by atoms with Crippen molar-refractivity contribution in [3.63, 3.8) is 0 Å². The first-order chi connectivity index (χ1) is 10.0. The summed E-state index contributed by atoms with van der Waals surface area (Å²) in [6.45, 7) is 0. The van der Waals surface area contributed by atoms with Crippen molar-refractivity contribution in [1.29, 1.82) is 0 Å². The molecule has 0 aliphatic carbocycles. The van der Waals surface area contributed by atoms with Gasteiger partial charge in [-0.25, -0.2) is 14.4 Å². The second-order valence-electron chi connectivity index (χ2n) is 4.94. The zero-order valence-electron chi connectivity index (χ0n) is 11.6. The molecule has 106 valence electrons. The molecular formula is C16H13ClFN3. The van der Waals surface area contributed by atoms with Gasteiger partial charge in [-0.3, -0.25) is 0 Å². The van der Waals surface area contributed by atoms with E-state index in [0.717, 1.165) is 11.3 Å². The molecule has 0 unspecified atom stereocenters. The first kappa shape index (κ1) is 13.8. The number of anilines is 1. The number of rotatable bonds is 2. The standard InChI is InChI=1S/C16H13ClFN3/c1-21(2)12-5-3-4-10(8-12)16-19-14-9-11(18)6-7-13(14)15(17)20-16/h3-9H,1-2H3. The van der Waals surface area contributed by atoms with Crippen molar-refractivity contribution in [3.8, 4) is 11.4 Å². The van der Waals surface area contributed by atoms with Gasteiger partial charge in [0, 0.05) is 36.8 Å². The Kier molecular flexibility index (Phi) is 3.47. The van der Waals surface area contributed by atoms with Crippen molar-refractivity contribution in [2.24, 2.45) is 0 Å². The van der Waals surface area contributed by atoms with Gasteiger partial charge in [-0.2, -0.15) is 0 Å². The lowest BCUT2D eigenvalue weighted by Crippen LogP contribution is -2.08. The van der Waals surface area contributed by atoms with Gasteiger partial charge in [0.15, 0.2) is 5.82 Å². The zero-order chi connectivity index (χ0) is 15.0. The number of fused-ring (bicyclic) bond motifs is 1. The highest BCUT2D eigenvalue weighted by Gasteiger charge is 2.09. The van der Waals surface area contributed by atoms with Crippen molar-refractivity contribution in [3.05, 3.63) is 53.4 Å². The maximum atomic E-state index is 13.4. The second-order valence-corrected chi connectivity index (χ2v) is 5.30. The minimum absolute atomic E-state index is 0.324. The van der Waals surface area contributed by atoms with E-state index in [4.69, 9.17) is 11.6 Å². The largest absolute Gasteiger partial charge is 0.378 e. The third-order valence-corrected chi connectivity index (χ3v) is 3.52. The number of nitrogens with zero attached hydrogens (tertiary/aromatic N) is 3. The monoisotopic (exact) mass is 301 g/mol. The molecule has 0 N–H and O–H groups in total. The first-order valence-electron chi connectivity index (χ1n) is 6.45. The molecule has 0 fully saturated rings. The molecule has 0 aliphatic rings. The zero-order valence-corrected chi connectivity index (χ0v) is 12.4. The van der Waals surface area contributed by atoms with Gasteiger partial charge in [0.1, 0.15) is 11.0 Å². The fraction of sp³-hybridized carbons (Fsp3) is 0.125. The van der Waals surface area contributed by atoms with Crippen LogP contribution in [-0.4, -0.2) is 24.1 Å². The van der Waals surface area contributed by atoms with Crippen LogP contribution in [0.1, 0.15) is 0 Å². The predicted molar refractivity (Wildman–Crippen MR) is 84.3 cm³/mol. The van der Waals surface area contributed by atoms with Gasteiger partial charge in [-0.15, -0.1) is 0 Å². The van der Waals surface area contributed by atoms with Gasteiger partial charge in [0.05, 0.1) is 5.52 Å². The lowest BCUT2D eigenvalue weighted by atomic mass is 10.1. The van der Waals surface area contributed by atoms with Crippen molar-refractivity contribution >= 4 is 28.2 Å². The summed E-state index contributed by atoms with van der Waals surface area (Å²) in [7, 11) is 3.92. The molecule has 0 bridgehead atoms. The Morgan fingerprint density at radius 2 is 1.86 bits per heavy atom. The normalized spacial score (nSPS) is 10.9. The van der Waals surface area contributed by atoms with Crippen molar-refractivity contribution < 1.29 is 4.39 Å². The number of halogens is 2. The third-order valence-electron chi connectivity index (χ3n) is 3.23. The second kappa shape index (κ2) is 5.30. The fourth-order valence-electron chi connectivity index (χ4n) is 2.12. The van der Waals surface area contributed by atoms with Crippen LogP contribution in [0.2, 0.25) is 5.15 Å². The molecule has 3 nitrogen and oxygen atoms in total. The van der Waals surface area contributed by atoms with E-state index in [-0.39, 0.29) is 5.82 Å². The predicted octanol–water partition coefficient (Wildman–Crippen LogP) is 4.16. The number of aromatic nitrogens is 2. The molecule has 1 heterocycles. The molecule has 21 heavy (non-hydrogen) atoms. The number of hydrogen-bond acceptors (Lipinski definition) is 3. The minimum Gasteiger partial charge on any atom is -0.378 e. The molecule has 3 rings (SSSR count). The van der Waals surface area contributed by atoms with E-state index in [1.807, 2.05) is 43.3 Å². The van der Waals surface area contributed by atoms with Crippen molar-refractivity contribution in [2.45, 2.75) is 0 Å². The van der Waals surface area contributed by atoms with E-state index in [9.17, 15) is 4.39 Å². The lowest BCUT2D eigenvalue weighted by Gasteiger charge is -2.13. The summed E-state index contributed by atoms with van der Waals surface area (Å²) in [5, 5.41) is 0.968. The van der Waals surface area contributed by atoms with Crippen LogP contribution in [0.25, 0.3) is 22.3 Å². The molecule has 0 radical (unpaired) electrons. The van der Waals surface area contributed by atoms with Crippen LogP contribution in [0.4, 0.5) is 10.1 Å². The molecule has 0 spiro atoms. The van der Waals surface area contributed by atoms with Crippen LogP contribution in [0.5, 0.6) is 0 Å². The van der Waals surface area contributed by atoms with E-state index < -0.39 is 0 Å². The molecule has 0 aliphatic heterocycles. The molecular weight excluding hydrogens is 289 g/mol. The molecule has 0 saturated carbocycles. The van der Waals surface area contributed by atoms with Crippen LogP contribution < -0.4 is 4.90 Å². The van der Waals surface area contributed by atoms with E-state index in [1.165, 1.54) is 12.1 Å². The molecule has 0 atom stereocenters. The lowest BCUT2D eigenvalue weighted by molar-refractivity contribution is 0.629. The highest BCUT2D eigenvalue weighted by molar-refractivity contribution is 6.34. The Labute approximate surface area is 127 Å². The van der Waals surface area contributed by atoms with Crippen LogP contribution in [0.3, 0.4) is 0 Å². The van der Waals surface area contributed by atoms with Crippen LogP contribution in [0, 0.1) is 5.82 Å². The Hall–Kier alpha value is -2.20. The van der Waals surface area contributed by atoms with Gasteiger partial charge in [0.25, 0.3) is 0 Å². The highest BCUT2D eigenvalue weighted by Crippen LogP contribution is 2.27. The van der Waals surface area contributed by atoms with Crippen LogP contribution >= 0.6 is 11.6 Å². The summed E-state index contributed by atoms with van der Waals surface area (Å²) >= 11 is 6.18. The summed E-state index contributed by atoms with van der Waals surface area (Å²) in [6, 6.07) is 12.1. The molecule has 0 amide bonds. The van der Waals surface area contributed by atoms with Crippen molar-refractivity contribution in [2.75, 3.05) is 19.0 Å². The smallest absolute Gasteiger partial charge is 0.161 e. The molecule has 3 aromatic rings. The van der Waals surface area contributed by atoms with Crippen LogP contribution in [-0.2, 0) is 0 Å². The van der Waals surface area contributed by atoms with E-state index in [0.29, 0.717) is 21.9 Å². The molecule has 1 aromatic heterocycles. The molecule has 0 saturated heterocycles. The summed E-state index contributed by atoms with van der Waals surface area (Å²) in [5.41, 5.74) is 2.38. The number of benzene rings is 2. The highest BCUT2D eigenvalue weighted by atomic mass is 35.5. The Balaban J connectivity index is 2.18. The summed E-state index contributed by atoms with van der Waals surface area (Å²) < 4.78 is 13.4. The van der Waals surface area contributed by atoms with Gasteiger partial charge in [-0.05, 0) is 24.3 Å². The Morgan fingerprint density at radius 3 is 2.62 bits per heavy atom. The van der Waals surface area contributed by atoms with E-state index >= 15 is 0 Å². The quantitative estimate of drug-likeness (QED) is 0.666. The fourth-order valence-corrected chi connectivity index (χ4v) is 2.36. The average molecular weight is 302 g/mol. The molecule has 5 heteroatoms. The summed E-state index contributed by atoms with van der Waals surface area (Å²) in [5.74, 6) is 0.145. The van der Waals surface area contributed by atoms with Gasteiger partial charge in [0.2, 0.25) is 0 Å².